The zero-order valence-electron chi connectivity index (χ0n) is 27.8. The first-order valence-corrected chi connectivity index (χ1v) is 16.3. The molecule has 47 heavy (non-hydrogen) atoms. The molecule has 6 atom stereocenters. The summed E-state index contributed by atoms with van der Waals surface area (Å²) in [6, 6.07) is 14.8. The summed E-state index contributed by atoms with van der Waals surface area (Å²) in [5.74, 6) is -1.91. The number of nitrogens with one attached hydrogen (secondary N) is 1. The Hall–Kier alpha value is -4.41. The topological polar surface area (TPSA) is 138 Å². The number of hydrogen-bond donors (Lipinski definition) is 1. The molecule has 0 unspecified atom stereocenters. The van der Waals surface area contributed by atoms with Gasteiger partial charge in [-0.05, 0) is 60.8 Å². The number of amides is 2. The van der Waals surface area contributed by atoms with Gasteiger partial charge in [-0.1, -0.05) is 56.3 Å². The first-order valence-electron chi connectivity index (χ1n) is 16.3. The summed E-state index contributed by atoms with van der Waals surface area (Å²) in [5, 5.41) is 2.85. The second-order valence-corrected chi connectivity index (χ2v) is 12.8. The van der Waals surface area contributed by atoms with E-state index in [0.717, 1.165) is 11.1 Å². The van der Waals surface area contributed by atoms with Gasteiger partial charge >= 0.3 is 17.9 Å². The van der Waals surface area contributed by atoms with Gasteiger partial charge < -0.3 is 29.2 Å². The number of carbonyl (C=O) groups is 5. The summed E-state index contributed by atoms with van der Waals surface area (Å²) >= 11 is 0. The van der Waals surface area contributed by atoms with E-state index in [1.54, 1.807) is 24.3 Å². The number of ether oxygens (including phenoxy) is 4. The van der Waals surface area contributed by atoms with Crippen LogP contribution in [-0.2, 0) is 51.2 Å². The van der Waals surface area contributed by atoms with Crippen LogP contribution in [0.5, 0.6) is 5.75 Å². The Morgan fingerprint density at radius 1 is 0.894 bits per heavy atom. The molecule has 0 radical (unpaired) electrons. The number of rotatable bonds is 13. The average molecular weight is 651 g/mol. The highest BCUT2D eigenvalue weighted by atomic mass is 16.6. The van der Waals surface area contributed by atoms with E-state index < -0.39 is 47.9 Å². The molecule has 1 aliphatic heterocycles. The third-order valence-corrected chi connectivity index (χ3v) is 8.70. The number of fused-ring (bicyclic) bond motifs is 1. The van der Waals surface area contributed by atoms with E-state index in [4.69, 9.17) is 18.9 Å². The summed E-state index contributed by atoms with van der Waals surface area (Å²) in [6.07, 6.45) is 0.959. The summed E-state index contributed by atoms with van der Waals surface area (Å²) in [7, 11) is 1.29. The van der Waals surface area contributed by atoms with Crippen molar-refractivity contribution in [2.45, 2.75) is 103 Å². The Balaban J connectivity index is 1.50. The molecule has 2 aliphatic rings. The molecule has 2 aromatic carbocycles. The van der Waals surface area contributed by atoms with Gasteiger partial charge in [0.2, 0.25) is 5.91 Å². The Kier molecular flexibility index (Phi) is 12.4. The third-order valence-electron chi connectivity index (χ3n) is 8.70. The van der Waals surface area contributed by atoms with Crippen molar-refractivity contribution in [2.75, 3.05) is 7.11 Å². The van der Waals surface area contributed by atoms with Crippen LogP contribution in [0.4, 0.5) is 0 Å². The van der Waals surface area contributed by atoms with Gasteiger partial charge in [0.1, 0.15) is 30.5 Å². The molecular weight excluding hydrogens is 604 g/mol. The maximum Gasteiger partial charge on any atom is 0.328 e. The van der Waals surface area contributed by atoms with E-state index in [-0.39, 0.29) is 30.4 Å². The normalized spacial score (nSPS) is 21.6. The zero-order valence-corrected chi connectivity index (χ0v) is 27.8. The maximum absolute atomic E-state index is 14.3. The molecule has 11 heteroatoms. The first-order chi connectivity index (χ1) is 22.4. The summed E-state index contributed by atoms with van der Waals surface area (Å²) < 4.78 is 21.9. The lowest BCUT2D eigenvalue weighted by Crippen LogP contribution is -2.57. The van der Waals surface area contributed by atoms with Gasteiger partial charge in [-0.3, -0.25) is 19.2 Å². The molecule has 2 amide bonds. The van der Waals surface area contributed by atoms with Gasteiger partial charge in [-0.15, -0.1) is 0 Å². The number of benzene rings is 2. The highest BCUT2D eigenvalue weighted by Gasteiger charge is 2.51. The minimum atomic E-state index is -1.20. The first kappa shape index (κ1) is 35.4. The van der Waals surface area contributed by atoms with Gasteiger partial charge in [0.15, 0.2) is 6.10 Å². The fourth-order valence-corrected chi connectivity index (χ4v) is 6.63. The lowest BCUT2D eigenvalue weighted by atomic mass is 9.83. The van der Waals surface area contributed by atoms with Crippen molar-refractivity contribution in [1.29, 1.82) is 0 Å². The molecule has 2 aromatic rings. The van der Waals surface area contributed by atoms with Crippen molar-refractivity contribution >= 4 is 29.7 Å². The Morgan fingerprint density at radius 3 is 2.21 bits per heavy atom. The Morgan fingerprint density at radius 2 is 1.60 bits per heavy atom. The van der Waals surface area contributed by atoms with Crippen LogP contribution in [0.15, 0.2) is 54.6 Å². The molecule has 1 aliphatic carbocycles. The lowest BCUT2D eigenvalue weighted by Gasteiger charge is -2.38. The number of nitrogens with zero attached hydrogens (tertiary/aromatic N) is 1. The van der Waals surface area contributed by atoms with Gasteiger partial charge in [0.25, 0.3) is 5.91 Å². The second-order valence-electron chi connectivity index (χ2n) is 12.8. The van der Waals surface area contributed by atoms with Crippen LogP contribution in [0, 0.1) is 11.8 Å². The number of carbonyl (C=O) groups excluding carboxylic acids is 5. The Bertz CT molecular complexity index is 1390. The standard InChI is InChI=1S/C36H46N2O9/c1-22(2)17-30(35(42)38-31-20-29(46-23(3)39)16-13-27(31)19-32(38)36(43)44-5)37-34(41)33(47-24(4)40)18-25-11-14-28(15-12-25)45-21-26-9-7-6-8-10-26/h6-12,14-15,22,27,29-33H,13,16-21H2,1-5H3,(H,37,41)/t27-,29-,30-,31-,32+,33+/m1/s1. The molecule has 254 valence electrons. The zero-order chi connectivity index (χ0) is 34.1. The maximum atomic E-state index is 14.3. The fraction of sp³-hybridized carbons (Fsp3) is 0.528. The van der Waals surface area contributed by atoms with Crippen LogP contribution < -0.4 is 10.1 Å². The van der Waals surface area contributed by atoms with Crippen molar-refractivity contribution in [1.82, 2.24) is 10.2 Å². The van der Waals surface area contributed by atoms with E-state index in [1.165, 1.54) is 25.9 Å². The van der Waals surface area contributed by atoms with Crippen molar-refractivity contribution in [3.63, 3.8) is 0 Å². The second kappa shape index (κ2) is 16.4. The van der Waals surface area contributed by atoms with E-state index in [0.29, 0.717) is 44.5 Å². The molecule has 1 saturated heterocycles. The third kappa shape index (κ3) is 9.79. The van der Waals surface area contributed by atoms with E-state index in [9.17, 15) is 24.0 Å². The van der Waals surface area contributed by atoms with Crippen LogP contribution in [0.25, 0.3) is 0 Å². The minimum Gasteiger partial charge on any atom is -0.489 e. The van der Waals surface area contributed by atoms with E-state index in [1.807, 2.05) is 44.2 Å². The Labute approximate surface area is 276 Å². The predicted molar refractivity (Wildman–Crippen MR) is 172 cm³/mol. The number of esters is 3. The highest BCUT2D eigenvalue weighted by Crippen LogP contribution is 2.41. The largest absolute Gasteiger partial charge is 0.489 e. The van der Waals surface area contributed by atoms with Crippen molar-refractivity contribution in [3.8, 4) is 5.75 Å². The summed E-state index contributed by atoms with van der Waals surface area (Å²) in [6.45, 7) is 6.84. The fourth-order valence-electron chi connectivity index (χ4n) is 6.63. The molecule has 1 saturated carbocycles. The monoisotopic (exact) mass is 650 g/mol. The molecular formula is C36H46N2O9. The van der Waals surface area contributed by atoms with Gasteiger partial charge in [0.05, 0.1) is 7.11 Å². The van der Waals surface area contributed by atoms with Gasteiger partial charge in [-0.25, -0.2) is 4.79 Å². The van der Waals surface area contributed by atoms with Crippen LogP contribution in [0.3, 0.4) is 0 Å². The van der Waals surface area contributed by atoms with Crippen LogP contribution in [0.1, 0.15) is 70.9 Å². The molecule has 4 rings (SSSR count). The number of methoxy groups -OCH3 is 1. The molecule has 2 fully saturated rings. The van der Waals surface area contributed by atoms with Gasteiger partial charge in [-0.2, -0.15) is 0 Å². The number of hydrogen-bond acceptors (Lipinski definition) is 9. The lowest BCUT2D eigenvalue weighted by molar-refractivity contribution is -0.157. The smallest absolute Gasteiger partial charge is 0.328 e. The average Bonchev–Trinajstić information content (AvgIpc) is 3.41. The molecule has 0 spiro atoms. The number of likely N-dealkylation sites (tertiary alicyclic amines) is 1. The van der Waals surface area contributed by atoms with Crippen LogP contribution in [-0.4, -0.2) is 72.1 Å². The predicted octanol–water partition coefficient (Wildman–Crippen LogP) is 4.15. The SMILES string of the molecule is COC(=O)[C@@H]1C[C@H]2CC[C@@H](OC(C)=O)C[C@H]2N1C(=O)[C@@H](CC(C)C)NC(=O)[C@H](Cc1ccc(OCc2ccccc2)cc1)OC(C)=O. The minimum absolute atomic E-state index is 0.00924. The quantitative estimate of drug-likeness (QED) is 0.250. The van der Waals surface area contributed by atoms with Gasteiger partial charge in [0, 0.05) is 32.7 Å². The van der Waals surface area contributed by atoms with Crippen LogP contribution in [0.2, 0.25) is 0 Å². The highest BCUT2D eigenvalue weighted by molar-refractivity contribution is 5.93. The molecule has 0 aromatic heterocycles. The molecule has 1 heterocycles. The van der Waals surface area contributed by atoms with Crippen molar-refractivity contribution < 1.29 is 42.9 Å². The molecule has 0 bridgehead atoms. The summed E-state index contributed by atoms with van der Waals surface area (Å²) in [5.41, 5.74) is 1.76. The molecule has 1 N–H and O–H groups in total. The summed E-state index contributed by atoms with van der Waals surface area (Å²) in [4.78, 5) is 66.2. The van der Waals surface area contributed by atoms with E-state index >= 15 is 0 Å². The van der Waals surface area contributed by atoms with Crippen molar-refractivity contribution in [2.24, 2.45) is 11.8 Å². The molecule has 11 nitrogen and oxygen atoms in total. The van der Waals surface area contributed by atoms with Crippen LogP contribution >= 0.6 is 0 Å². The van der Waals surface area contributed by atoms with Crippen molar-refractivity contribution in [3.05, 3.63) is 65.7 Å². The van der Waals surface area contributed by atoms with E-state index in [2.05, 4.69) is 5.32 Å².